The molecule has 0 spiro atoms. The molecule has 1 saturated carbocycles. The summed E-state index contributed by atoms with van der Waals surface area (Å²) in [5, 5.41) is 12.6. The van der Waals surface area contributed by atoms with Gasteiger partial charge in [-0.1, -0.05) is 19.3 Å². The summed E-state index contributed by atoms with van der Waals surface area (Å²) < 4.78 is 13.0. The zero-order chi connectivity index (χ0) is 23.2. The summed E-state index contributed by atoms with van der Waals surface area (Å²) in [6, 6.07) is 15.5. The molecule has 1 saturated heterocycles. The lowest BCUT2D eigenvalue weighted by Crippen LogP contribution is -2.47. The number of nitriles is 1. The highest BCUT2D eigenvalue weighted by molar-refractivity contribution is 7.85. The molecule has 1 aliphatic carbocycles. The van der Waals surface area contributed by atoms with Crippen LogP contribution in [0.2, 0.25) is 0 Å². The Kier molecular flexibility index (Phi) is 7.79. The molecule has 0 aromatic heterocycles. The molecule has 0 radical (unpaired) electrons. The van der Waals surface area contributed by atoms with E-state index >= 15 is 0 Å². The number of anilines is 2. The number of carbonyl (C=O) groups excluding carboxylic acids is 1. The fourth-order valence-corrected chi connectivity index (χ4v) is 6.08. The van der Waals surface area contributed by atoms with Gasteiger partial charge in [-0.2, -0.15) is 5.26 Å². The van der Waals surface area contributed by atoms with Crippen LogP contribution in [0.1, 0.15) is 51.9 Å². The number of nitrogens with one attached hydrogen (secondary N) is 1. The highest BCUT2D eigenvalue weighted by Crippen LogP contribution is 2.29. The minimum atomic E-state index is -1.32. The number of rotatable bonds is 6. The monoisotopic (exact) mass is 464 g/mol. The van der Waals surface area contributed by atoms with Crippen molar-refractivity contribution in [3.8, 4) is 6.19 Å². The molecule has 4 rings (SSSR count). The largest absolute Gasteiger partial charge is 0.326 e. The first-order chi connectivity index (χ1) is 16.0. The maximum atomic E-state index is 13.0. The van der Waals surface area contributed by atoms with Gasteiger partial charge in [-0.15, -0.1) is 0 Å². The molecule has 2 fully saturated rings. The Labute approximate surface area is 199 Å². The second-order valence-corrected chi connectivity index (χ2v) is 10.5. The maximum absolute atomic E-state index is 13.0. The summed E-state index contributed by atoms with van der Waals surface area (Å²) in [5.74, 6) is -0.138. The Morgan fingerprint density at radius 3 is 2.09 bits per heavy atom. The van der Waals surface area contributed by atoms with Crippen molar-refractivity contribution >= 4 is 28.1 Å². The van der Waals surface area contributed by atoms with Crippen LogP contribution in [-0.4, -0.2) is 40.2 Å². The third kappa shape index (κ3) is 5.82. The number of hydrogen-bond acceptors (Lipinski definition) is 5. The summed E-state index contributed by atoms with van der Waals surface area (Å²) >= 11 is 0. The quantitative estimate of drug-likeness (QED) is 0.486. The van der Waals surface area contributed by atoms with E-state index in [4.69, 9.17) is 0 Å². The highest BCUT2D eigenvalue weighted by atomic mass is 32.2. The van der Waals surface area contributed by atoms with E-state index in [1.807, 2.05) is 29.2 Å². The second kappa shape index (κ2) is 11.0. The summed E-state index contributed by atoms with van der Waals surface area (Å²) in [4.78, 5) is 17.0. The van der Waals surface area contributed by atoms with Crippen LogP contribution in [0.15, 0.2) is 58.3 Å². The van der Waals surface area contributed by atoms with E-state index in [0.717, 1.165) is 37.7 Å². The third-order valence-corrected chi connectivity index (χ3v) is 8.18. The molecule has 1 atom stereocenters. The lowest BCUT2D eigenvalue weighted by Gasteiger charge is -2.41. The fraction of sp³-hybridized carbons (Fsp3) is 0.462. The van der Waals surface area contributed by atoms with E-state index in [2.05, 4.69) is 16.4 Å². The number of benzene rings is 2. The van der Waals surface area contributed by atoms with Crippen molar-refractivity contribution in [2.45, 2.75) is 73.7 Å². The van der Waals surface area contributed by atoms with E-state index in [1.165, 1.54) is 39.0 Å². The van der Waals surface area contributed by atoms with Crippen LogP contribution in [0.25, 0.3) is 0 Å². The van der Waals surface area contributed by atoms with Gasteiger partial charge in [0.2, 0.25) is 5.91 Å². The van der Waals surface area contributed by atoms with Gasteiger partial charge >= 0.3 is 0 Å². The molecular weight excluding hydrogens is 432 g/mol. The Balaban J connectivity index is 1.38. The zero-order valence-electron chi connectivity index (χ0n) is 19.2. The summed E-state index contributed by atoms with van der Waals surface area (Å²) in [6.45, 7) is 3.58. The number of amides is 1. The molecule has 2 aromatic carbocycles. The third-order valence-electron chi connectivity index (χ3n) is 6.78. The van der Waals surface area contributed by atoms with E-state index in [9.17, 15) is 14.3 Å². The van der Waals surface area contributed by atoms with Crippen molar-refractivity contribution in [1.82, 2.24) is 4.90 Å². The van der Waals surface area contributed by atoms with Crippen LogP contribution in [0.4, 0.5) is 11.4 Å². The number of hydrogen-bond donors (Lipinski definition) is 1. The molecule has 7 heteroatoms. The SMILES string of the molecule is CC(=O)Nc1ccc(S(=O)c2ccc(N(C#N)C3CCN(C4CCCCC4)CC3)cc2)cc1. The van der Waals surface area contributed by atoms with Gasteiger partial charge in [-0.25, -0.2) is 4.21 Å². The first kappa shape index (κ1) is 23.5. The molecule has 1 N–H and O–H groups in total. The molecule has 0 bridgehead atoms. The van der Waals surface area contributed by atoms with Gasteiger partial charge in [-0.05, 0) is 74.2 Å². The Bertz CT molecular complexity index is 1000. The molecular formula is C26H32N4O2S. The number of carbonyl (C=O) groups is 1. The highest BCUT2D eigenvalue weighted by Gasteiger charge is 2.29. The number of likely N-dealkylation sites (tertiary alicyclic amines) is 1. The number of nitrogens with zero attached hydrogens (tertiary/aromatic N) is 3. The van der Waals surface area contributed by atoms with Gasteiger partial charge in [-0.3, -0.25) is 9.69 Å². The molecule has 1 unspecified atom stereocenters. The molecule has 6 nitrogen and oxygen atoms in total. The molecule has 174 valence electrons. The second-order valence-electron chi connectivity index (χ2n) is 9.00. The van der Waals surface area contributed by atoms with E-state index in [1.54, 1.807) is 24.3 Å². The standard InChI is InChI=1S/C26H32N4O2S/c1-20(31)28-21-7-11-25(12-8-21)33(32)26-13-9-23(10-14-26)30(19-27)24-15-17-29(18-16-24)22-5-3-2-4-6-22/h7-14,22,24H,2-6,15-18H2,1H3,(H,28,31). The van der Waals surface area contributed by atoms with Crippen molar-refractivity contribution in [2.75, 3.05) is 23.3 Å². The first-order valence-electron chi connectivity index (χ1n) is 11.9. The first-order valence-corrected chi connectivity index (χ1v) is 13.0. The summed E-state index contributed by atoms with van der Waals surface area (Å²) in [6.07, 6.45) is 11.1. The molecule has 1 amide bonds. The average Bonchev–Trinajstić information content (AvgIpc) is 2.86. The maximum Gasteiger partial charge on any atom is 0.221 e. The molecule has 1 heterocycles. The number of piperidine rings is 1. The Morgan fingerprint density at radius 1 is 0.970 bits per heavy atom. The van der Waals surface area contributed by atoms with Crippen LogP contribution in [0, 0.1) is 11.5 Å². The van der Waals surface area contributed by atoms with Gasteiger partial charge in [0.05, 0.1) is 16.5 Å². The molecule has 2 aromatic rings. The van der Waals surface area contributed by atoms with Crippen LogP contribution in [0.5, 0.6) is 0 Å². The molecule has 1 aliphatic heterocycles. The zero-order valence-corrected chi connectivity index (χ0v) is 20.0. The van der Waals surface area contributed by atoms with Gasteiger partial charge < -0.3 is 10.2 Å². The van der Waals surface area contributed by atoms with E-state index < -0.39 is 10.8 Å². The lowest BCUT2D eigenvalue weighted by molar-refractivity contribution is -0.114. The van der Waals surface area contributed by atoms with Crippen LogP contribution < -0.4 is 10.2 Å². The van der Waals surface area contributed by atoms with E-state index in [-0.39, 0.29) is 11.9 Å². The van der Waals surface area contributed by atoms with Crippen molar-refractivity contribution < 1.29 is 9.00 Å². The topological polar surface area (TPSA) is 76.4 Å². The van der Waals surface area contributed by atoms with Crippen molar-refractivity contribution in [3.63, 3.8) is 0 Å². The van der Waals surface area contributed by atoms with Crippen molar-refractivity contribution in [1.29, 1.82) is 5.26 Å². The van der Waals surface area contributed by atoms with Crippen LogP contribution >= 0.6 is 0 Å². The predicted octanol–water partition coefficient (Wildman–Crippen LogP) is 4.90. The lowest BCUT2D eigenvalue weighted by atomic mass is 9.92. The normalized spacial score (nSPS) is 18.9. The van der Waals surface area contributed by atoms with Crippen molar-refractivity contribution in [2.24, 2.45) is 0 Å². The Morgan fingerprint density at radius 2 is 1.55 bits per heavy atom. The van der Waals surface area contributed by atoms with Gasteiger partial charge in [0, 0.05) is 47.6 Å². The van der Waals surface area contributed by atoms with Crippen LogP contribution in [0.3, 0.4) is 0 Å². The van der Waals surface area contributed by atoms with Gasteiger partial charge in [0.15, 0.2) is 6.19 Å². The van der Waals surface area contributed by atoms with Gasteiger partial charge in [0.25, 0.3) is 0 Å². The fourth-order valence-electron chi connectivity index (χ4n) is 5.04. The predicted molar refractivity (Wildman–Crippen MR) is 131 cm³/mol. The molecule has 2 aliphatic rings. The minimum Gasteiger partial charge on any atom is -0.326 e. The smallest absolute Gasteiger partial charge is 0.221 e. The average molecular weight is 465 g/mol. The minimum absolute atomic E-state index is 0.138. The summed E-state index contributed by atoms with van der Waals surface area (Å²) in [7, 11) is -1.32. The van der Waals surface area contributed by atoms with Crippen LogP contribution in [-0.2, 0) is 15.6 Å². The van der Waals surface area contributed by atoms with Gasteiger partial charge in [0.1, 0.15) is 0 Å². The summed E-state index contributed by atoms with van der Waals surface area (Å²) in [5.41, 5.74) is 1.54. The van der Waals surface area contributed by atoms with Crippen molar-refractivity contribution in [3.05, 3.63) is 48.5 Å². The molecule has 33 heavy (non-hydrogen) atoms. The van der Waals surface area contributed by atoms with E-state index in [0.29, 0.717) is 15.5 Å². The Hall–Kier alpha value is -2.69.